The molecule has 2 amide bonds. The summed E-state index contributed by atoms with van der Waals surface area (Å²) in [4.78, 5) is 26.4. The quantitative estimate of drug-likeness (QED) is 0.725. The number of sulfonamides is 1. The van der Waals surface area contributed by atoms with Gasteiger partial charge >= 0.3 is 0 Å². The Balaban J connectivity index is 1.53. The predicted molar refractivity (Wildman–Crippen MR) is 114 cm³/mol. The number of amides is 2. The van der Waals surface area contributed by atoms with Crippen molar-refractivity contribution in [1.82, 2.24) is 9.62 Å². The Bertz CT molecular complexity index is 1070. The molecule has 160 valence electrons. The van der Waals surface area contributed by atoms with Crippen molar-refractivity contribution in [2.24, 2.45) is 0 Å². The van der Waals surface area contributed by atoms with Crippen LogP contribution in [-0.2, 0) is 27.6 Å². The van der Waals surface area contributed by atoms with Crippen molar-refractivity contribution in [3.8, 4) is 0 Å². The van der Waals surface area contributed by atoms with Gasteiger partial charge in [-0.2, -0.15) is 4.31 Å². The van der Waals surface area contributed by atoms with E-state index >= 15 is 0 Å². The van der Waals surface area contributed by atoms with Crippen LogP contribution in [0.2, 0.25) is 0 Å². The van der Waals surface area contributed by atoms with E-state index in [1.807, 2.05) is 0 Å². The number of ether oxygens (including phenoxy) is 1. The maximum absolute atomic E-state index is 12.8. The average molecular weight is 450 g/mol. The minimum atomic E-state index is -3.61. The van der Waals surface area contributed by atoms with E-state index in [1.165, 1.54) is 39.9 Å². The van der Waals surface area contributed by atoms with Gasteiger partial charge in [0.15, 0.2) is 0 Å². The third-order valence-electron chi connectivity index (χ3n) is 5.33. The highest BCUT2D eigenvalue weighted by molar-refractivity contribution is 7.89. The SMILES string of the molecule is CNC(=O)c1c(NC(=O)c2ccc(S(=O)(=O)N3CCOCC3)cc2)sc2c1CCC2. The maximum Gasteiger partial charge on any atom is 0.256 e. The van der Waals surface area contributed by atoms with Crippen LogP contribution >= 0.6 is 11.3 Å². The van der Waals surface area contributed by atoms with Crippen molar-refractivity contribution < 1.29 is 22.7 Å². The molecule has 4 rings (SSSR count). The van der Waals surface area contributed by atoms with E-state index in [1.54, 1.807) is 7.05 Å². The standard InChI is InChI=1S/C20H23N3O5S2/c1-21-19(25)17-15-3-2-4-16(15)29-20(17)22-18(24)13-5-7-14(8-6-13)30(26,27)23-9-11-28-12-10-23/h5-8H,2-4,9-12H2,1H3,(H,21,25)(H,22,24). The van der Waals surface area contributed by atoms with E-state index in [-0.39, 0.29) is 16.7 Å². The second kappa shape index (κ2) is 8.46. The fraction of sp³-hybridized carbons (Fsp3) is 0.400. The van der Waals surface area contributed by atoms with Gasteiger partial charge in [0.25, 0.3) is 11.8 Å². The largest absolute Gasteiger partial charge is 0.379 e. The summed E-state index contributed by atoms with van der Waals surface area (Å²) in [7, 11) is -2.04. The van der Waals surface area contributed by atoms with Crippen LogP contribution < -0.4 is 10.6 Å². The molecule has 1 aromatic heterocycles. The van der Waals surface area contributed by atoms with E-state index in [4.69, 9.17) is 4.74 Å². The molecule has 0 unspecified atom stereocenters. The summed E-state index contributed by atoms with van der Waals surface area (Å²) in [5, 5.41) is 6.01. The van der Waals surface area contributed by atoms with Gasteiger partial charge in [-0.1, -0.05) is 0 Å². The second-order valence-corrected chi connectivity index (χ2v) is 10.2. The summed E-state index contributed by atoms with van der Waals surface area (Å²) in [6.07, 6.45) is 2.75. The Labute approximate surface area is 179 Å². The van der Waals surface area contributed by atoms with E-state index < -0.39 is 10.0 Å². The molecule has 0 bridgehead atoms. The number of morpholine rings is 1. The number of hydrogen-bond acceptors (Lipinski definition) is 6. The van der Waals surface area contributed by atoms with Gasteiger partial charge in [0.2, 0.25) is 10.0 Å². The number of nitrogens with zero attached hydrogens (tertiary/aromatic N) is 1. The Hall–Kier alpha value is -2.27. The molecular formula is C20H23N3O5S2. The molecule has 1 aromatic carbocycles. The fourth-order valence-electron chi connectivity index (χ4n) is 3.75. The monoisotopic (exact) mass is 449 g/mol. The zero-order valence-electron chi connectivity index (χ0n) is 16.6. The Morgan fingerprint density at radius 3 is 2.43 bits per heavy atom. The van der Waals surface area contributed by atoms with E-state index in [9.17, 15) is 18.0 Å². The van der Waals surface area contributed by atoms with Crippen LogP contribution in [0.5, 0.6) is 0 Å². The molecule has 1 aliphatic heterocycles. The summed E-state index contributed by atoms with van der Waals surface area (Å²) < 4.78 is 32.0. The molecule has 1 fully saturated rings. The van der Waals surface area contributed by atoms with Crippen LogP contribution in [0.25, 0.3) is 0 Å². The van der Waals surface area contributed by atoms with Crippen molar-refractivity contribution in [3.05, 3.63) is 45.8 Å². The van der Waals surface area contributed by atoms with Gasteiger partial charge in [-0.25, -0.2) is 8.42 Å². The van der Waals surface area contributed by atoms with Gasteiger partial charge in [0.1, 0.15) is 5.00 Å². The first-order valence-electron chi connectivity index (χ1n) is 9.77. The Morgan fingerprint density at radius 1 is 1.07 bits per heavy atom. The normalized spacial score (nSPS) is 16.8. The number of hydrogen-bond donors (Lipinski definition) is 2. The molecule has 30 heavy (non-hydrogen) atoms. The average Bonchev–Trinajstić information content (AvgIpc) is 3.34. The first-order chi connectivity index (χ1) is 14.4. The lowest BCUT2D eigenvalue weighted by Gasteiger charge is -2.26. The molecule has 1 aliphatic carbocycles. The Morgan fingerprint density at radius 2 is 1.77 bits per heavy atom. The summed E-state index contributed by atoms with van der Waals surface area (Å²) in [6.45, 7) is 1.38. The van der Waals surface area contributed by atoms with Gasteiger partial charge in [-0.15, -0.1) is 11.3 Å². The summed E-state index contributed by atoms with van der Waals surface area (Å²) >= 11 is 1.43. The van der Waals surface area contributed by atoms with Crippen LogP contribution in [0.15, 0.2) is 29.2 Å². The van der Waals surface area contributed by atoms with Crippen molar-refractivity contribution in [3.63, 3.8) is 0 Å². The van der Waals surface area contributed by atoms with Crippen molar-refractivity contribution in [2.45, 2.75) is 24.2 Å². The molecule has 1 saturated heterocycles. The molecule has 8 nitrogen and oxygen atoms in total. The first-order valence-corrected chi connectivity index (χ1v) is 12.0. The highest BCUT2D eigenvalue weighted by atomic mass is 32.2. The highest BCUT2D eigenvalue weighted by Crippen LogP contribution is 2.39. The predicted octanol–water partition coefficient (Wildman–Crippen LogP) is 1.87. The highest BCUT2D eigenvalue weighted by Gasteiger charge is 2.28. The van der Waals surface area contributed by atoms with Crippen LogP contribution in [0, 0.1) is 0 Å². The number of carbonyl (C=O) groups excluding carboxylic acids is 2. The van der Waals surface area contributed by atoms with Gasteiger partial charge < -0.3 is 15.4 Å². The van der Waals surface area contributed by atoms with Crippen LogP contribution in [0.3, 0.4) is 0 Å². The lowest BCUT2D eigenvalue weighted by atomic mass is 10.1. The molecule has 2 aromatic rings. The van der Waals surface area contributed by atoms with Gasteiger partial charge in [0.05, 0.1) is 23.7 Å². The van der Waals surface area contributed by atoms with Crippen molar-refractivity contribution in [1.29, 1.82) is 0 Å². The van der Waals surface area contributed by atoms with Crippen LogP contribution in [0.1, 0.15) is 37.6 Å². The van der Waals surface area contributed by atoms with Crippen LogP contribution in [0.4, 0.5) is 5.00 Å². The lowest BCUT2D eigenvalue weighted by Crippen LogP contribution is -2.40. The number of aryl methyl sites for hydroxylation is 1. The molecule has 10 heteroatoms. The minimum absolute atomic E-state index is 0.141. The fourth-order valence-corrected chi connectivity index (χ4v) is 6.44. The van der Waals surface area contributed by atoms with Crippen LogP contribution in [-0.4, -0.2) is 57.9 Å². The molecule has 2 aliphatic rings. The van der Waals surface area contributed by atoms with Gasteiger partial charge in [-0.3, -0.25) is 9.59 Å². The zero-order valence-corrected chi connectivity index (χ0v) is 18.2. The maximum atomic E-state index is 12.8. The number of carbonyl (C=O) groups is 2. The van der Waals surface area contributed by atoms with Crippen molar-refractivity contribution >= 4 is 38.2 Å². The Kier molecular flexibility index (Phi) is 5.92. The summed E-state index contributed by atoms with van der Waals surface area (Å²) in [5.41, 5.74) is 1.88. The molecule has 2 heterocycles. The molecule has 2 N–H and O–H groups in total. The number of fused-ring (bicyclic) bond motifs is 1. The zero-order chi connectivity index (χ0) is 21.3. The smallest absolute Gasteiger partial charge is 0.256 e. The summed E-state index contributed by atoms with van der Waals surface area (Å²) in [6, 6.07) is 5.86. The topological polar surface area (TPSA) is 105 Å². The van der Waals surface area contributed by atoms with Gasteiger partial charge in [0, 0.05) is 30.6 Å². The number of anilines is 1. The first kappa shape index (κ1) is 21.0. The molecule has 0 saturated carbocycles. The molecular weight excluding hydrogens is 426 g/mol. The number of nitrogens with one attached hydrogen (secondary N) is 2. The van der Waals surface area contributed by atoms with E-state index in [0.29, 0.717) is 42.4 Å². The van der Waals surface area contributed by atoms with Crippen molar-refractivity contribution in [2.75, 3.05) is 38.7 Å². The number of thiophene rings is 1. The second-order valence-electron chi connectivity index (χ2n) is 7.14. The molecule has 0 atom stereocenters. The molecule has 0 spiro atoms. The molecule has 0 radical (unpaired) electrons. The van der Waals surface area contributed by atoms with E-state index in [2.05, 4.69) is 10.6 Å². The third-order valence-corrected chi connectivity index (χ3v) is 8.45. The number of benzene rings is 1. The minimum Gasteiger partial charge on any atom is -0.379 e. The lowest BCUT2D eigenvalue weighted by molar-refractivity contribution is 0.0730. The van der Waals surface area contributed by atoms with E-state index in [0.717, 1.165) is 29.7 Å². The third kappa shape index (κ3) is 3.87. The van der Waals surface area contributed by atoms with Gasteiger partial charge in [-0.05, 0) is 49.1 Å². The summed E-state index contributed by atoms with van der Waals surface area (Å²) in [5.74, 6) is -0.591. The number of rotatable bonds is 5.